The molecule has 0 aliphatic carbocycles. The Labute approximate surface area is 104 Å². The normalized spacial score (nSPS) is 12.8. The number of hydrogen-bond acceptors (Lipinski definition) is 1. The van der Waals surface area contributed by atoms with Crippen LogP contribution in [0.2, 0.25) is 0 Å². The first kappa shape index (κ1) is 13.5. The number of rotatable bonds is 7. The molecule has 17 heavy (non-hydrogen) atoms. The van der Waals surface area contributed by atoms with E-state index in [1.807, 2.05) is 18.2 Å². The molecule has 0 aromatic heterocycles. The molecule has 0 heterocycles. The molecule has 1 aromatic carbocycles. The molecule has 1 unspecified atom stereocenters. The largest absolute Gasteiger partial charge is 0.370 e. The van der Waals surface area contributed by atoms with Crippen molar-refractivity contribution in [3.05, 3.63) is 42.0 Å². The van der Waals surface area contributed by atoms with Gasteiger partial charge < -0.3 is 5.73 Å². The Morgan fingerprint density at radius 1 is 1.35 bits per heavy atom. The van der Waals surface area contributed by atoms with Gasteiger partial charge in [0.05, 0.1) is 0 Å². The molecule has 0 fully saturated rings. The van der Waals surface area contributed by atoms with Crippen molar-refractivity contribution in [2.24, 2.45) is 11.7 Å². The summed E-state index contributed by atoms with van der Waals surface area (Å²) in [4.78, 5) is 10.9. The van der Waals surface area contributed by atoms with Crippen LogP contribution < -0.4 is 5.73 Å². The lowest BCUT2D eigenvalue weighted by molar-refractivity contribution is -0.118. The molecule has 0 spiro atoms. The highest BCUT2D eigenvalue weighted by Crippen LogP contribution is 2.16. The highest BCUT2D eigenvalue weighted by Gasteiger charge is 2.08. The minimum absolute atomic E-state index is 0.198. The van der Waals surface area contributed by atoms with E-state index in [4.69, 9.17) is 5.73 Å². The summed E-state index contributed by atoms with van der Waals surface area (Å²) in [6.07, 6.45) is 7.81. The number of carbonyl (C=O) groups excluding carboxylic acids is 1. The van der Waals surface area contributed by atoms with Crippen LogP contribution in [0.25, 0.3) is 6.08 Å². The fourth-order valence-electron chi connectivity index (χ4n) is 1.96. The van der Waals surface area contributed by atoms with E-state index < -0.39 is 0 Å². The highest BCUT2D eigenvalue weighted by molar-refractivity contribution is 5.74. The number of nitrogens with two attached hydrogens (primary N) is 1. The molecule has 1 amide bonds. The molecule has 2 nitrogen and oxygen atoms in total. The van der Waals surface area contributed by atoms with Gasteiger partial charge in [-0.15, -0.1) is 0 Å². The molecule has 0 aliphatic heterocycles. The molecule has 1 atom stereocenters. The Balaban J connectivity index is 2.45. The zero-order chi connectivity index (χ0) is 12.5. The van der Waals surface area contributed by atoms with Gasteiger partial charge in [0.15, 0.2) is 0 Å². The van der Waals surface area contributed by atoms with Gasteiger partial charge >= 0.3 is 0 Å². The average molecular weight is 231 g/mol. The Morgan fingerprint density at radius 2 is 2.06 bits per heavy atom. The summed E-state index contributed by atoms with van der Waals surface area (Å²) in [5.41, 5.74) is 6.44. The lowest BCUT2D eigenvalue weighted by Crippen LogP contribution is -2.16. The van der Waals surface area contributed by atoms with E-state index in [1.165, 1.54) is 5.56 Å². The summed E-state index contributed by atoms with van der Waals surface area (Å²) >= 11 is 0. The van der Waals surface area contributed by atoms with Crippen LogP contribution in [0.3, 0.4) is 0 Å². The molecule has 0 bridgehead atoms. The molecule has 0 saturated carbocycles. The Kier molecular flexibility index (Phi) is 6.08. The fourth-order valence-corrected chi connectivity index (χ4v) is 1.96. The van der Waals surface area contributed by atoms with Gasteiger partial charge in [-0.25, -0.2) is 0 Å². The van der Waals surface area contributed by atoms with Gasteiger partial charge in [-0.1, -0.05) is 55.8 Å². The van der Waals surface area contributed by atoms with Crippen LogP contribution in [0, 0.1) is 5.92 Å². The third kappa shape index (κ3) is 5.91. The van der Waals surface area contributed by atoms with Crippen LogP contribution >= 0.6 is 0 Å². The van der Waals surface area contributed by atoms with Crippen molar-refractivity contribution in [1.82, 2.24) is 0 Å². The Hall–Kier alpha value is -1.57. The molecule has 92 valence electrons. The lowest BCUT2D eigenvalue weighted by atomic mass is 9.95. The smallest absolute Gasteiger partial charge is 0.217 e. The summed E-state index contributed by atoms with van der Waals surface area (Å²) in [7, 11) is 0. The molecule has 1 rings (SSSR count). The third-order valence-electron chi connectivity index (χ3n) is 2.77. The summed E-state index contributed by atoms with van der Waals surface area (Å²) in [5.74, 6) is 0.189. The minimum Gasteiger partial charge on any atom is -0.370 e. The summed E-state index contributed by atoms with van der Waals surface area (Å²) < 4.78 is 0. The van der Waals surface area contributed by atoms with Crippen molar-refractivity contribution in [2.75, 3.05) is 0 Å². The molecular formula is C15H21NO. The summed E-state index contributed by atoms with van der Waals surface area (Å²) in [5, 5.41) is 0. The molecule has 0 radical (unpaired) electrons. The van der Waals surface area contributed by atoms with Gasteiger partial charge in [-0.2, -0.15) is 0 Å². The second-order valence-corrected chi connectivity index (χ2v) is 4.37. The maximum absolute atomic E-state index is 10.9. The average Bonchev–Trinajstić information content (AvgIpc) is 2.30. The predicted molar refractivity (Wildman–Crippen MR) is 72.3 cm³/mol. The minimum atomic E-state index is -0.198. The zero-order valence-corrected chi connectivity index (χ0v) is 10.4. The summed E-state index contributed by atoms with van der Waals surface area (Å²) in [6.45, 7) is 2.13. The van der Waals surface area contributed by atoms with Crippen LogP contribution in [-0.2, 0) is 4.79 Å². The first-order chi connectivity index (χ1) is 8.22. The first-order valence-corrected chi connectivity index (χ1v) is 6.22. The van der Waals surface area contributed by atoms with Gasteiger partial charge in [0.25, 0.3) is 0 Å². The van der Waals surface area contributed by atoms with Gasteiger partial charge in [0.1, 0.15) is 0 Å². The van der Waals surface area contributed by atoms with Gasteiger partial charge in [0, 0.05) is 6.42 Å². The maximum atomic E-state index is 10.9. The monoisotopic (exact) mass is 231 g/mol. The standard InChI is InChI=1S/C15H21NO/c1-2-7-14(12-15(16)17)11-6-10-13-8-4-3-5-9-13/h3-6,8-10,14H,2,7,11-12H2,1H3,(H2,16,17). The van der Waals surface area contributed by atoms with Crippen LogP contribution in [0.1, 0.15) is 38.2 Å². The molecule has 2 heteroatoms. The van der Waals surface area contributed by atoms with Crippen LogP contribution in [0.4, 0.5) is 0 Å². The van der Waals surface area contributed by atoms with Crippen molar-refractivity contribution >= 4 is 12.0 Å². The summed E-state index contributed by atoms with van der Waals surface area (Å²) in [6, 6.07) is 10.2. The van der Waals surface area contributed by atoms with E-state index in [9.17, 15) is 4.79 Å². The van der Waals surface area contributed by atoms with E-state index in [0.29, 0.717) is 12.3 Å². The quantitative estimate of drug-likeness (QED) is 0.768. The van der Waals surface area contributed by atoms with Crippen LogP contribution in [0.5, 0.6) is 0 Å². The number of allylic oxidation sites excluding steroid dienone is 1. The Morgan fingerprint density at radius 3 is 2.65 bits per heavy atom. The van der Waals surface area contributed by atoms with E-state index in [0.717, 1.165) is 19.3 Å². The fraction of sp³-hybridized carbons (Fsp3) is 0.400. The van der Waals surface area contributed by atoms with Crippen molar-refractivity contribution in [1.29, 1.82) is 0 Å². The molecule has 2 N–H and O–H groups in total. The second-order valence-electron chi connectivity index (χ2n) is 4.37. The molecule has 0 saturated heterocycles. The number of benzene rings is 1. The van der Waals surface area contributed by atoms with E-state index in [-0.39, 0.29) is 5.91 Å². The van der Waals surface area contributed by atoms with Gasteiger partial charge in [-0.05, 0) is 24.3 Å². The zero-order valence-electron chi connectivity index (χ0n) is 10.4. The number of amides is 1. The van der Waals surface area contributed by atoms with E-state index >= 15 is 0 Å². The van der Waals surface area contributed by atoms with Crippen molar-refractivity contribution in [3.8, 4) is 0 Å². The van der Waals surface area contributed by atoms with Gasteiger partial charge in [-0.3, -0.25) is 4.79 Å². The molecular weight excluding hydrogens is 210 g/mol. The van der Waals surface area contributed by atoms with Crippen LogP contribution in [0.15, 0.2) is 36.4 Å². The number of hydrogen-bond donors (Lipinski definition) is 1. The molecule has 0 aliphatic rings. The number of carbonyl (C=O) groups is 1. The van der Waals surface area contributed by atoms with E-state index in [1.54, 1.807) is 0 Å². The lowest BCUT2D eigenvalue weighted by Gasteiger charge is -2.11. The van der Waals surface area contributed by atoms with Crippen molar-refractivity contribution in [3.63, 3.8) is 0 Å². The van der Waals surface area contributed by atoms with Gasteiger partial charge in [0.2, 0.25) is 5.91 Å². The first-order valence-electron chi connectivity index (χ1n) is 6.22. The van der Waals surface area contributed by atoms with Crippen LogP contribution in [-0.4, -0.2) is 5.91 Å². The SMILES string of the molecule is CCCC(CC=Cc1ccccc1)CC(N)=O. The second kappa shape index (κ2) is 7.66. The maximum Gasteiger partial charge on any atom is 0.217 e. The van der Waals surface area contributed by atoms with Crippen molar-refractivity contribution in [2.45, 2.75) is 32.6 Å². The number of primary amides is 1. The third-order valence-corrected chi connectivity index (χ3v) is 2.77. The topological polar surface area (TPSA) is 43.1 Å². The molecule has 1 aromatic rings. The highest BCUT2D eigenvalue weighted by atomic mass is 16.1. The van der Waals surface area contributed by atoms with E-state index in [2.05, 4.69) is 31.2 Å². The predicted octanol–water partition coefficient (Wildman–Crippen LogP) is 3.38. The Bertz CT molecular complexity index is 356. The van der Waals surface area contributed by atoms with Crippen molar-refractivity contribution < 1.29 is 4.79 Å².